The maximum absolute atomic E-state index is 13.4. The zero-order chi connectivity index (χ0) is 22.7. The summed E-state index contributed by atoms with van der Waals surface area (Å²) in [6.07, 6.45) is 2.78. The second kappa shape index (κ2) is 9.32. The molecule has 0 radical (unpaired) electrons. The van der Waals surface area contributed by atoms with Gasteiger partial charge in [-0.2, -0.15) is 14.1 Å². The molecule has 0 unspecified atom stereocenters. The molecule has 0 amide bonds. The number of sulfonamides is 1. The molecule has 1 saturated heterocycles. The van der Waals surface area contributed by atoms with E-state index in [1.165, 1.54) is 15.2 Å². The first-order valence-electron chi connectivity index (χ1n) is 10.1. The topological polar surface area (TPSA) is 84.7 Å². The highest BCUT2D eigenvalue weighted by Gasteiger charge is 2.27. The molecule has 1 aliphatic rings. The number of hydrogen-bond donors (Lipinski definition) is 0. The highest BCUT2D eigenvalue weighted by atomic mass is 35.5. The molecule has 0 aliphatic carbocycles. The van der Waals surface area contributed by atoms with Crippen molar-refractivity contribution in [2.24, 2.45) is 0 Å². The SMILES string of the molecule is CS(=O)(=O)N1CCN(c2cnn(-c3cccc(Cl)c3)c(=O)c2OCc2ccccc2)CC1. The van der Waals surface area contributed by atoms with E-state index in [1.807, 2.05) is 35.2 Å². The summed E-state index contributed by atoms with van der Waals surface area (Å²) in [4.78, 5) is 15.3. The van der Waals surface area contributed by atoms with Crippen molar-refractivity contribution in [2.45, 2.75) is 6.61 Å². The predicted octanol–water partition coefficient (Wildman–Crippen LogP) is 2.55. The summed E-state index contributed by atoms with van der Waals surface area (Å²) in [5, 5.41) is 4.83. The van der Waals surface area contributed by atoms with Gasteiger partial charge in [-0.25, -0.2) is 8.42 Å². The number of nitrogens with zero attached hydrogens (tertiary/aromatic N) is 4. The molecule has 8 nitrogen and oxygen atoms in total. The van der Waals surface area contributed by atoms with Crippen molar-refractivity contribution < 1.29 is 13.2 Å². The van der Waals surface area contributed by atoms with Gasteiger partial charge in [-0.1, -0.05) is 48.0 Å². The molecule has 0 spiro atoms. The third kappa shape index (κ3) is 4.95. The normalized spacial score (nSPS) is 15.0. The lowest BCUT2D eigenvalue weighted by atomic mass is 10.2. The number of rotatable bonds is 6. The van der Waals surface area contributed by atoms with Gasteiger partial charge in [-0.05, 0) is 23.8 Å². The lowest BCUT2D eigenvalue weighted by molar-refractivity contribution is 0.298. The van der Waals surface area contributed by atoms with Gasteiger partial charge in [0.05, 0.1) is 18.1 Å². The van der Waals surface area contributed by atoms with Crippen LogP contribution in [0.15, 0.2) is 65.6 Å². The third-order valence-corrected chi connectivity index (χ3v) is 6.78. The monoisotopic (exact) mass is 474 g/mol. The molecule has 2 aromatic carbocycles. The van der Waals surface area contributed by atoms with Crippen LogP contribution in [0.5, 0.6) is 5.75 Å². The molecule has 0 atom stereocenters. The molecule has 3 aromatic rings. The molecular formula is C22H23ClN4O4S. The summed E-state index contributed by atoms with van der Waals surface area (Å²) in [5.41, 5.74) is 1.58. The average Bonchev–Trinajstić information content (AvgIpc) is 2.78. The fourth-order valence-electron chi connectivity index (χ4n) is 3.57. The van der Waals surface area contributed by atoms with E-state index in [9.17, 15) is 13.2 Å². The zero-order valence-electron chi connectivity index (χ0n) is 17.5. The van der Waals surface area contributed by atoms with Crippen LogP contribution in [0.2, 0.25) is 5.02 Å². The van der Waals surface area contributed by atoms with Crippen molar-refractivity contribution in [1.29, 1.82) is 0 Å². The zero-order valence-corrected chi connectivity index (χ0v) is 19.1. The number of piperazine rings is 1. The predicted molar refractivity (Wildman–Crippen MR) is 124 cm³/mol. The van der Waals surface area contributed by atoms with Gasteiger partial charge in [0.25, 0.3) is 0 Å². The van der Waals surface area contributed by atoms with Crippen LogP contribution in [0.3, 0.4) is 0 Å². The second-order valence-electron chi connectivity index (χ2n) is 7.48. The molecule has 1 fully saturated rings. The Morgan fingerprint density at radius 2 is 1.75 bits per heavy atom. The molecule has 1 aliphatic heterocycles. The minimum absolute atomic E-state index is 0.164. The van der Waals surface area contributed by atoms with Gasteiger partial charge >= 0.3 is 5.56 Å². The van der Waals surface area contributed by atoms with Gasteiger partial charge < -0.3 is 9.64 Å². The Morgan fingerprint density at radius 1 is 1.03 bits per heavy atom. The minimum atomic E-state index is -3.26. The van der Waals surface area contributed by atoms with Crippen molar-refractivity contribution >= 4 is 27.3 Å². The molecule has 4 rings (SSSR count). The van der Waals surface area contributed by atoms with Crippen LogP contribution in [-0.4, -0.2) is 54.9 Å². The van der Waals surface area contributed by atoms with Gasteiger partial charge in [0.1, 0.15) is 12.3 Å². The fraction of sp³-hybridized carbons (Fsp3) is 0.273. The summed E-state index contributed by atoms with van der Waals surface area (Å²) in [6, 6.07) is 16.4. The Morgan fingerprint density at radius 3 is 2.41 bits per heavy atom. The highest BCUT2D eigenvalue weighted by Crippen LogP contribution is 2.27. The summed E-state index contributed by atoms with van der Waals surface area (Å²) in [7, 11) is -3.26. The van der Waals surface area contributed by atoms with Crippen LogP contribution in [0.4, 0.5) is 5.69 Å². The van der Waals surface area contributed by atoms with Crippen molar-refractivity contribution in [3.05, 3.63) is 81.7 Å². The van der Waals surface area contributed by atoms with Crippen LogP contribution in [0.1, 0.15) is 5.56 Å². The van der Waals surface area contributed by atoms with E-state index in [-0.39, 0.29) is 12.4 Å². The molecule has 0 N–H and O–H groups in total. The maximum atomic E-state index is 13.4. The van der Waals surface area contributed by atoms with Crippen LogP contribution >= 0.6 is 11.6 Å². The van der Waals surface area contributed by atoms with Gasteiger partial charge in [-0.15, -0.1) is 0 Å². The molecule has 32 heavy (non-hydrogen) atoms. The Bertz CT molecular complexity index is 1260. The van der Waals surface area contributed by atoms with Crippen molar-refractivity contribution in [2.75, 3.05) is 37.3 Å². The van der Waals surface area contributed by atoms with Crippen molar-refractivity contribution in [1.82, 2.24) is 14.1 Å². The Hall–Kier alpha value is -2.88. The smallest absolute Gasteiger partial charge is 0.316 e. The number of halogens is 1. The Balaban J connectivity index is 1.69. The van der Waals surface area contributed by atoms with E-state index in [0.717, 1.165) is 5.56 Å². The molecule has 1 aromatic heterocycles. The lowest BCUT2D eigenvalue weighted by Crippen LogP contribution is -2.48. The number of hydrogen-bond acceptors (Lipinski definition) is 6. The van der Waals surface area contributed by atoms with Gasteiger partial charge in [0, 0.05) is 31.2 Å². The molecule has 2 heterocycles. The van der Waals surface area contributed by atoms with Gasteiger partial charge in [0.2, 0.25) is 15.8 Å². The maximum Gasteiger partial charge on any atom is 0.316 e. The molecule has 168 valence electrons. The first-order chi connectivity index (χ1) is 15.3. The average molecular weight is 475 g/mol. The van der Waals surface area contributed by atoms with E-state index in [2.05, 4.69) is 5.10 Å². The Kier molecular flexibility index (Phi) is 6.50. The molecule has 10 heteroatoms. The van der Waals surface area contributed by atoms with Crippen LogP contribution in [-0.2, 0) is 16.6 Å². The molecule has 0 bridgehead atoms. The number of anilines is 1. The van der Waals surface area contributed by atoms with Crippen molar-refractivity contribution in [3.63, 3.8) is 0 Å². The van der Waals surface area contributed by atoms with Gasteiger partial charge in [-0.3, -0.25) is 4.79 Å². The second-order valence-corrected chi connectivity index (χ2v) is 9.90. The van der Waals surface area contributed by atoms with E-state index < -0.39 is 15.6 Å². The number of benzene rings is 2. The highest BCUT2D eigenvalue weighted by molar-refractivity contribution is 7.88. The number of aromatic nitrogens is 2. The standard InChI is InChI=1S/C22H23ClN4O4S/c1-32(29,30)26-12-10-25(11-13-26)20-15-24-27(19-9-5-8-18(23)14-19)22(28)21(20)31-16-17-6-3-2-4-7-17/h2-9,14-15H,10-13,16H2,1H3. The number of ether oxygens (including phenoxy) is 1. The van der Waals surface area contributed by atoms with Gasteiger partial charge in [0.15, 0.2) is 0 Å². The van der Waals surface area contributed by atoms with Crippen LogP contribution in [0, 0.1) is 0 Å². The summed E-state index contributed by atoms with van der Waals surface area (Å²) < 4.78 is 32.4. The largest absolute Gasteiger partial charge is 0.481 e. The van der Waals surface area contributed by atoms with E-state index in [1.54, 1.807) is 30.5 Å². The summed E-state index contributed by atoms with van der Waals surface area (Å²) >= 11 is 6.10. The van der Waals surface area contributed by atoms with E-state index in [4.69, 9.17) is 16.3 Å². The summed E-state index contributed by atoms with van der Waals surface area (Å²) in [6.45, 7) is 1.72. The third-order valence-electron chi connectivity index (χ3n) is 5.24. The molecular weight excluding hydrogens is 452 g/mol. The van der Waals surface area contributed by atoms with E-state index in [0.29, 0.717) is 42.6 Å². The van der Waals surface area contributed by atoms with E-state index >= 15 is 0 Å². The lowest BCUT2D eigenvalue weighted by Gasteiger charge is -2.35. The fourth-order valence-corrected chi connectivity index (χ4v) is 4.58. The quantitative estimate of drug-likeness (QED) is 0.546. The first kappa shape index (κ1) is 22.3. The Labute approximate surface area is 191 Å². The minimum Gasteiger partial charge on any atom is -0.481 e. The van der Waals surface area contributed by atoms with Crippen molar-refractivity contribution in [3.8, 4) is 11.4 Å². The van der Waals surface area contributed by atoms with Crippen LogP contribution in [0.25, 0.3) is 5.69 Å². The molecule has 0 saturated carbocycles. The summed E-state index contributed by atoms with van der Waals surface area (Å²) in [5.74, 6) is 0.164. The van der Waals surface area contributed by atoms with Crippen LogP contribution < -0.4 is 15.2 Å². The first-order valence-corrected chi connectivity index (χ1v) is 12.3.